The minimum absolute atomic E-state index is 0.0656. The van der Waals surface area contributed by atoms with E-state index in [0.29, 0.717) is 17.4 Å². The number of likely N-dealkylation sites (N-methyl/N-ethyl adjacent to an activating group) is 1. The van der Waals surface area contributed by atoms with Crippen LogP contribution in [-0.2, 0) is 18.4 Å². The fraction of sp³-hybridized carbons (Fsp3) is 0.958. The van der Waals surface area contributed by atoms with Crippen LogP contribution in [0.15, 0.2) is 12.2 Å². The van der Waals surface area contributed by atoms with Crippen molar-refractivity contribution in [2.75, 3.05) is 40.9 Å². The van der Waals surface area contributed by atoms with Crippen LogP contribution < -0.4 is 5.32 Å². The van der Waals surface area contributed by atoms with Gasteiger partial charge in [-0.2, -0.15) is 0 Å². The number of rotatable bonds is 68. The molecule has 8 nitrogen and oxygen atoms in total. The Morgan fingerprint density at radius 2 is 0.662 bits per heavy atom. The minimum Gasteiger partial charge on any atom is -0.387 e. The van der Waals surface area contributed by atoms with Crippen molar-refractivity contribution in [1.29, 1.82) is 0 Å². The number of unbranched alkanes of at least 4 members (excludes halogenated alkanes) is 55. The Labute approximate surface area is 501 Å². The maximum Gasteiger partial charge on any atom is 0.472 e. The predicted octanol–water partition coefficient (Wildman–Crippen LogP) is 22.9. The van der Waals surface area contributed by atoms with Gasteiger partial charge in [-0.3, -0.25) is 13.8 Å². The molecule has 0 heterocycles. The van der Waals surface area contributed by atoms with Crippen molar-refractivity contribution in [2.45, 2.75) is 398 Å². The number of nitrogens with one attached hydrogen (secondary N) is 1. The monoisotopic (exact) mass is 1150 g/mol. The second kappa shape index (κ2) is 62.8. The number of hydrogen-bond acceptors (Lipinski definition) is 5. The summed E-state index contributed by atoms with van der Waals surface area (Å²) in [5.41, 5.74) is 0. The highest BCUT2D eigenvalue weighted by atomic mass is 31.2. The molecule has 478 valence electrons. The van der Waals surface area contributed by atoms with Crippen LogP contribution in [0.4, 0.5) is 0 Å². The number of nitrogens with zero attached hydrogens (tertiary/aromatic N) is 1. The van der Waals surface area contributed by atoms with Crippen LogP contribution in [0, 0.1) is 0 Å². The molecule has 0 aliphatic heterocycles. The predicted molar refractivity (Wildman–Crippen MR) is 351 cm³/mol. The van der Waals surface area contributed by atoms with Crippen molar-refractivity contribution in [3.05, 3.63) is 12.2 Å². The SMILES string of the molecule is CCCCCCCCCCCCCCCCCCCCCCCCCCCCCCC/C=C/C(O)C(COP(=O)(O)OCC[N+](C)(C)C)NC(=O)CCCCCCCCCCCCCCCCCCCCCCCCCCCCC. The molecule has 80 heavy (non-hydrogen) atoms. The number of phosphoric acid groups is 1. The number of phosphoric ester groups is 1. The first-order chi connectivity index (χ1) is 39.0. The van der Waals surface area contributed by atoms with Crippen LogP contribution in [0.3, 0.4) is 0 Å². The molecule has 0 saturated carbocycles. The normalized spacial score (nSPS) is 13.6. The summed E-state index contributed by atoms with van der Waals surface area (Å²) < 4.78 is 23.8. The van der Waals surface area contributed by atoms with Crippen molar-refractivity contribution in [3.63, 3.8) is 0 Å². The summed E-state index contributed by atoms with van der Waals surface area (Å²) in [6.07, 6.45) is 80.9. The molecule has 0 aliphatic rings. The third kappa shape index (κ3) is 64.8. The molecule has 3 unspecified atom stereocenters. The lowest BCUT2D eigenvalue weighted by Gasteiger charge is -2.25. The highest BCUT2D eigenvalue weighted by Gasteiger charge is 2.28. The molecule has 3 atom stereocenters. The summed E-state index contributed by atoms with van der Waals surface area (Å²) in [5, 5.41) is 14.0. The lowest BCUT2D eigenvalue weighted by molar-refractivity contribution is -0.870. The van der Waals surface area contributed by atoms with Crippen molar-refractivity contribution in [1.82, 2.24) is 5.32 Å². The van der Waals surface area contributed by atoms with E-state index in [4.69, 9.17) is 9.05 Å². The average molecular weight is 1150 g/mol. The summed E-state index contributed by atoms with van der Waals surface area (Å²) in [4.78, 5) is 23.4. The molecule has 0 aromatic rings. The van der Waals surface area contributed by atoms with Crippen LogP contribution in [0.1, 0.15) is 386 Å². The number of allylic oxidation sites excluding steroid dienone is 1. The Hall–Kier alpha value is -0.760. The smallest absolute Gasteiger partial charge is 0.387 e. The quantitative estimate of drug-likeness (QED) is 0.0243. The summed E-state index contributed by atoms with van der Waals surface area (Å²) in [5.74, 6) is -0.166. The van der Waals surface area contributed by atoms with Crippen molar-refractivity contribution >= 4 is 13.7 Å². The topological polar surface area (TPSA) is 105 Å². The molecular weight excluding hydrogens is 1010 g/mol. The maximum atomic E-state index is 13.1. The van der Waals surface area contributed by atoms with Crippen LogP contribution in [0.2, 0.25) is 0 Å². The highest BCUT2D eigenvalue weighted by Crippen LogP contribution is 2.43. The van der Waals surface area contributed by atoms with Crippen LogP contribution >= 0.6 is 7.82 Å². The zero-order chi connectivity index (χ0) is 58.4. The van der Waals surface area contributed by atoms with Gasteiger partial charge in [-0.1, -0.05) is 373 Å². The first kappa shape index (κ1) is 79.2. The van der Waals surface area contributed by atoms with E-state index < -0.39 is 20.0 Å². The van der Waals surface area contributed by atoms with Crippen molar-refractivity contribution in [2.24, 2.45) is 0 Å². The fourth-order valence-electron chi connectivity index (χ4n) is 11.4. The molecule has 0 spiro atoms. The highest BCUT2D eigenvalue weighted by molar-refractivity contribution is 7.47. The average Bonchev–Trinajstić information content (AvgIpc) is 3.42. The molecule has 1 amide bonds. The first-order valence-corrected chi connectivity index (χ1v) is 37.6. The van der Waals surface area contributed by atoms with Crippen LogP contribution in [0.5, 0.6) is 0 Å². The first-order valence-electron chi connectivity index (χ1n) is 36.1. The van der Waals surface area contributed by atoms with Gasteiger partial charge in [0.25, 0.3) is 0 Å². The second-order valence-corrected chi connectivity index (χ2v) is 27.8. The van der Waals surface area contributed by atoms with E-state index in [2.05, 4.69) is 19.2 Å². The molecule has 0 rings (SSSR count). The van der Waals surface area contributed by atoms with Gasteiger partial charge in [-0.05, 0) is 19.3 Å². The zero-order valence-corrected chi connectivity index (χ0v) is 55.8. The summed E-state index contributed by atoms with van der Waals surface area (Å²) in [7, 11) is 1.60. The van der Waals surface area contributed by atoms with Gasteiger partial charge in [0.05, 0.1) is 39.9 Å². The van der Waals surface area contributed by atoms with Gasteiger partial charge in [-0.15, -0.1) is 0 Å². The van der Waals surface area contributed by atoms with Crippen LogP contribution in [-0.4, -0.2) is 73.4 Å². The van der Waals surface area contributed by atoms with Gasteiger partial charge in [-0.25, -0.2) is 4.57 Å². The van der Waals surface area contributed by atoms with Crippen LogP contribution in [0.25, 0.3) is 0 Å². The molecule has 0 bridgehead atoms. The van der Waals surface area contributed by atoms with E-state index in [1.54, 1.807) is 6.08 Å². The summed E-state index contributed by atoms with van der Waals surface area (Å²) in [6, 6.07) is -0.844. The van der Waals surface area contributed by atoms with Gasteiger partial charge < -0.3 is 19.8 Å². The number of amides is 1. The Bertz CT molecular complexity index is 1310. The lowest BCUT2D eigenvalue weighted by atomic mass is 10.0. The van der Waals surface area contributed by atoms with E-state index in [-0.39, 0.29) is 19.1 Å². The molecule has 0 fully saturated rings. The standard InChI is InChI=1S/C71H143N2O6P/c1-6-8-10-12-14-16-18-20-22-24-26-28-30-32-34-35-36-37-39-40-42-44-46-48-50-52-54-56-58-60-62-64-70(74)69(68-79-80(76,77)78-67-66-73(3,4)5)72-71(75)65-63-61-59-57-55-53-51-49-47-45-43-41-38-33-31-29-27-25-23-21-19-17-15-13-11-9-7-2/h62,64,69-70,74H,6-61,63,65-68H2,1-5H3,(H-,72,75,76,77)/p+1/b64-62+. The molecule has 0 radical (unpaired) electrons. The van der Waals surface area contributed by atoms with E-state index in [0.717, 1.165) is 32.1 Å². The second-order valence-electron chi connectivity index (χ2n) is 26.3. The van der Waals surface area contributed by atoms with E-state index in [1.807, 2.05) is 27.2 Å². The Kier molecular flexibility index (Phi) is 62.2. The Balaban J connectivity index is 4.01. The van der Waals surface area contributed by atoms with E-state index in [1.165, 1.54) is 334 Å². The van der Waals surface area contributed by atoms with Crippen molar-refractivity contribution in [3.8, 4) is 0 Å². The molecular formula is C71H144N2O6P+. The van der Waals surface area contributed by atoms with Crippen molar-refractivity contribution < 1.29 is 32.9 Å². The Morgan fingerprint density at radius 1 is 0.412 bits per heavy atom. The number of carbonyl (C=O) groups excluding carboxylic acids is 1. The fourth-order valence-corrected chi connectivity index (χ4v) is 12.1. The molecule has 0 aromatic heterocycles. The van der Waals surface area contributed by atoms with E-state index in [9.17, 15) is 19.4 Å². The number of aliphatic hydroxyl groups excluding tert-OH is 1. The van der Waals surface area contributed by atoms with Gasteiger partial charge in [0, 0.05) is 6.42 Å². The molecule has 0 aromatic carbocycles. The molecule has 0 saturated heterocycles. The Morgan fingerprint density at radius 3 is 0.925 bits per heavy atom. The lowest BCUT2D eigenvalue weighted by Crippen LogP contribution is -2.45. The maximum absolute atomic E-state index is 13.1. The van der Waals surface area contributed by atoms with Gasteiger partial charge in [0.15, 0.2) is 0 Å². The third-order valence-corrected chi connectivity index (χ3v) is 18.0. The largest absolute Gasteiger partial charge is 0.472 e. The number of quaternary nitrogens is 1. The summed E-state index contributed by atoms with van der Waals surface area (Å²) in [6.45, 7) is 4.89. The molecule has 0 aliphatic carbocycles. The number of hydrogen-bond donors (Lipinski definition) is 3. The number of carbonyl (C=O) groups is 1. The van der Waals surface area contributed by atoms with Gasteiger partial charge >= 0.3 is 7.82 Å². The van der Waals surface area contributed by atoms with E-state index >= 15 is 0 Å². The number of aliphatic hydroxyl groups is 1. The molecule has 9 heteroatoms. The third-order valence-electron chi connectivity index (χ3n) is 17.0. The minimum atomic E-state index is -4.35. The van der Waals surface area contributed by atoms with Gasteiger partial charge in [0.2, 0.25) is 5.91 Å². The summed E-state index contributed by atoms with van der Waals surface area (Å²) >= 11 is 0. The zero-order valence-electron chi connectivity index (χ0n) is 54.9. The molecule has 3 N–H and O–H groups in total. The van der Waals surface area contributed by atoms with Gasteiger partial charge in [0.1, 0.15) is 13.2 Å².